The van der Waals surface area contributed by atoms with Crippen LogP contribution in [0, 0.1) is 0 Å². The molecule has 0 saturated heterocycles. The fourth-order valence-electron chi connectivity index (χ4n) is 11.2. The van der Waals surface area contributed by atoms with Crippen molar-refractivity contribution in [3.05, 3.63) is 158 Å². The Morgan fingerprint density at radius 3 is 0.798 bits per heavy atom. The number of allylic oxidation sites excluding steroid dienone is 26. The smallest absolute Gasteiger partial charge is 0.463 e. The monoisotopic (exact) mass is 1570 g/mol. The second-order valence-electron chi connectivity index (χ2n) is 28.2. The molecule has 0 fully saturated rings. The second kappa shape index (κ2) is 82.6. The maximum absolute atomic E-state index is 13.0. The minimum absolute atomic E-state index is 0.0215. The molecule has 0 aliphatic heterocycles. The molecular formula is C91H154O16P2. The number of hydrogen-bond acceptors (Lipinski definition) is 14. The molecule has 4 N–H and O–H groups in total. The van der Waals surface area contributed by atoms with Gasteiger partial charge in [-0.05, 0) is 148 Å². The van der Waals surface area contributed by atoms with Crippen molar-refractivity contribution in [3.63, 3.8) is 0 Å². The van der Waals surface area contributed by atoms with Crippen LogP contribution in [0.4, 0.5) is 0 Å². The predicted octanol–water partition coefficient (Wildman–Crippen LogP) is 25.8. The van der Waals surface area contributed by atoms with Gasteiger partial charge in [-0.3, -0.25) is 32.5 Å². The van der Waals surface area contributed by atoms with Gasteiger partial charge in [-0.15, -0.1) is 0 Å². The first kappa shape index (κ1) is 104. The average Bonchev–Trinajstić information content (AvgIpc) is 0.904. The van der Waals surface area contributed by atoms with Crippen molar-refractivity contribution in [2.24, 2.45) is 0 Å². The standard InChI is InChI=1S/C91H154O16P2/c1-4-7-10-13-16-19-22-25-28-31-33-35-37-39-41-42-44-46-47-49-51-54-56-59-62-65-68-71-74-77-89(94)101-80-86(92)81-103-108(97,98)104-82-87(93)83-105-109(99,100)106-85-88(107-91(96)79-76-73-70-67-64-61-58-53-30-27-24-21-18-15-12-9-6-3)84-102-90(95)78-75-72-69-66-63-60-57-55-52-50-48-45-43-40-38-36-34-32-29-26-23-20-17-14-11-8-5-2/h9,12,16-21,25-30,33-36,39-41,43,58,61,67,70,86-88,92-93H,4-8,10-11,13-15,22-24,31-32,37-38,42,44-57,59-60,62-66,68-69,71-85H2,1-3H3,(H,97,98)(H,99,100)/b12-9-,19-16-,20-17-,21-18-,28-25-,29-26-,30-27-,35-33-,36-34-,41-39-,43-40-,61-58-,70-67-. The molecule has 109 heavy (non-hydrogen) atoms. The lowest BCUT2D eigenvalue weighted by molar-refractivity contribution is -0.161. The van der Waals surface area contributed by atoms with E-state index in [1.807, 2.05) is 12.2 Å². The number of unbranched alkanes of at least 4 members (excludes halogenated alkanes) is 31. The second-order valence-corrected chi connectivity index (χ2v) is 31.2. The van der Waals surface area contributed by atoms with E-state index in [9.17, 15) is 43.5 Å². The van der Waals surface area contributed by atoms with Crippen molar-refractivity contribution < 1.29 is 75.8 Å². The molecule has 0 amide bonds. The average molecular weight is 1570 g/mol. The van der Waals surface area contributed by atoms with Crippen molar-refractivity contribution in [1.82, 2.24) is 0 Å². The molecule has 0 rings (SSSR count). The van der Waals surface area contributed by atoms with E-state index in [1.54, 1.807) is 0 Å². The molecule has 0 bridgehead atoms. The number of phosphoric acid groups is 2. The molecule has 624 valence electrons. The number of aliphatic hydroxyl groups excluding tert-OH is 2. The SMILES string of the molecule is CC/C=C\C/C=C\C/C=C\C/C=C\C/C=C\CCCC(=O)OC(COC(=O)CCCCCCCCCCCCC/C=C\C/C=C\C/C=C\C/C=C\CCCCC)COP(=O)(O)OCC(O)COP(=O)(O)OCC(O)COC(=O)CCCCCCCCCCCCCCC/C=C\C/C=C\C/C=C\C/C=C\CCCCC. The molecule has 18 heteroatoms. The maximum Gasteiger partial charge on any atom is 0.472 e. The van der Waals surface area contributed by atoms with Crippen LogP contribution in [0.25, 0.3) is 0 Å². The van der Waals surface area contributed by atoms with Gasteiger partial charge >= 0.3 is 33.6 Å². The van der Waals surface area contributed by atoms with Crippen LogP contribution in [0.1, 0.15) is 342 Å². The summed E-state index contributed by atoms with van der Waals surface area (Å²) >= 11 is 0. The minimum Gasteiger partial charge on any atom is -0.463 e. The van der Waals surface area contributed by atoms with Crippen LogP contribution >= 0.6 is 15.6 Å². The van der Waals surface area contributed by atoms with E-state index in [2.05, 4.69) is 167 Å². The van der Waals surface area contributed by atoms with Crippen molar-refractivity contribution in [3.8, 4) is 0 Å². The van der Waals surface area contributed by atoms with Gasteiger partial charge in [0.05, 0.1) is 26.4 Å². The number of ether oxygens (including phenoxy) is 3. The van der Waals surface area contributed by atoms with Gasteiger partial charge in [-0.25, -0.2) is 9.13 Å². The summed E-state index contributed by atoms with van der Waals surface area (Å²) in [6.07, 6.45) is 104. The zero-order valence-corrected chi connectivity index (χ0v) is 70.2. The summed E-state index contributed by atoms with van der Waals surface area (Å²) < 4.78 is 61.2. The highest BCUT2D eigenvalue weighted by atomic mass is 31.2. The lowest BCUT2D eigenvalue weighted by atomic mass is 10.0. The van der Waals surface area contributed by atoms with Crippen LogP contribution in [-0.4, -0.2) is 95.9 Å². The van der Waals surface area contributed by atoms with Crippen LogP contribution in [0.5, 0.6) is 0 Å². The Kier molecular flexibility index (Phi) is 79.0. The molecule has 0 spiro atoms. The molecule has 0 heterocycles. The highest BCUT2D eigenvalue weighted by molar-refractivity contribution is 7.47. The Morgan fingerprint density at radius 1 is 0.266 bits per heavy atom. The summed E-state index contributed by atoms with van der Waals surface area (Å²) in [6.45, 7) is 2.46. The normalized spacial score (nSPS) is 14.7. The Labute approximate surface area is 663 Å². The number of esters is 3. The van der Waals surface area contributed by atoms with Crippen LogP contribution in [-0.2, 0) is 55.8 Å². The number of carbonyl (C=O) groups excluding carboxylic acids is 3. The summed E-state index contributed by atoms with van der Waals surface area (Å²) in [4.78, 5) is 58.8. The van der Waals surface area contributed by atoms with Crippen LogP contribution < -0.4 is 0 Å². The fraction of sp³-hybridized carbons (Fsp3) is 0.681. The van der Waals surface area contributed by atoms with Gasteiger partial charge in [0.2, 0.25) is 0 Å². The van der Waals surface area contributed by atoms with E-state index in [-0.39, 0.29) is 19.3 Å². The number of phosphoric ester groups is 2. The van der Waals surface area contributed by atoms with Crippen LogP contribution in [0.3, 0.4) is 0 Å². The van der Waals surface area contributed by atoms with E-state index in [0.29, 0.717) is 25.7 Å². The van der Waals surface area contributed by atoms with Gasteiger partial charge in [0, 0.05) is 19.3 Å². The van der Waals surface area contributed by atoms with Gasteiger partial charge in [0.15, 0.2) is 6.10 Å². The molecule has 5 unspecified atom stereocenters. The highest BCUT2D eigenvalue weighted by Gasteiger charge is 2.29. The summed E-state index contributed by atoms with van der Waals surface area (Å²) in [5.74, 6) is -1.65. The zero-order valence-electron chi connectivity index (χ0n) is 68.4. The summed E-state index contributed by atoms with van der Waals surface area (Å²) in [6, 6.07) is 0. The van der Waals surface area contributed by atoms with Gasteiger partial charge in [-0.2, -0.15) is 0 Å². The van der Waals surface area contributed by atoms with Crippen molar-refractivity contribution >= 4 is 33.6 Å². The first-order valence-electron chi connectivity index (χ1n) is 42.8. The van der Waals surface area contributed by atoms with E-state index in [1.165, 1.54) is 148 Å². The quantitative estimate of drug-likeness (QED) is 0.0146. The topological polar surface area (TPSA) is 231 Å². The molecule has 0 aromatic heterocycles. The molecule has 0 aliphatic carbocycles. The lowest BCUT2D eigenvalue weighted by Crippen LogP contribution is -2.30. The Hall–Kier alpha value is -4.83. The zero-order chi connectivity index (χ0) is 79.4. The number of rotatable bonds is 80. The van der Waals surface area contributed by atoms with Gasteiger partial charge in [0.1, 0.15) is 25.4 Å². The summed E-state index contributed by atoms with van der Waals surface area (Å²) in [5.41, 5.74) is 0. The molecule has 0 aliphatic rings. The molecule has 5 atom stereocenters. The van der Waals surface area contributed by atoms with Crippen molar-refractivity contribution in [2.75, 3.05) is 39.6 Å². The molecular weight excluding hydrogens is 1410 g/mol. The van der Waals surface area contributed by atoms with E-state index in [0.717, 1.165) is 128 Å². The van der Waals surface area contributed by atoms with E-state index >= 15 is 0 Å². The number of hydrogen-bond donors (Lipinski definition) is 4. The van der Waals surface area contributed by atoms with Crippen molar-refractivity contribution in [2.45, 2.75) is 360 Å². The Morgan fingerprint density at radius 2 is 0.495 bits per heavy atom. The minimum atomic E-state index is -4.96. The van der Waals surface area contributed by atoms with Crippen molar-refractivity contribution in [1.29, 1.82) is 0 Å². The highest BCUT2D eigenvalue weighted by Crippen LogP contribution is 2.45. The molecule has 0 aromatic rings. The lowest BCUT2D eigenvalue weighted by Gasteiger charge is -2.21. The fourth-order valence-corrected chi connectivity index (χ4v) is 12.8. The third kappa shape index (κ3) is 83.9. The molecule has 0 saturated carbocycles. The van der Waals surface area contributed by atoms with Crippen LogP contribution in [0.2, 0.25) is 0 Å². The first-order chi connectivity index (χ1) is 53.2. The number of aliphatic hydroxyl groups is 2. The third-order valence-corrected chi connectivity index (χ3v) is 19.6. The Balaban J connectivity index is 4.60. The third-order valence-electron chi connectivity index (χ3n) is 17.7. The van der Waals surface area contributed by atoms with E-state index in [4.69, 9.17) is 32.3 Å². The van der Waals surface area contributed by atoms with Gasteiger partial charge in [-0.1, -0.05) is 333 Å². The Bertz CT molecular complexity index is 2610. The first-order valence-corrected chi connectivity index (χ1v) is 45.8. The predicted molar refractivity (Wildman–Crippen MR) is 454 cm³/mol. The number of carbonyl (C=O) groups is 3. The molecule has 0 radical (unpaired) electrons. The van der Waals surface area contributed by atoms with Crippen LogP contribution in [0.15, 0.2) is 158 Å². The summed E-state index contributed by atoms with van der Waals surface area (Å²) in [5, 5.41) is 20.7. The van der Waals surface area contributed by atoms with Gasteiger partial charge in [0.25, 0.3) is 0 Å². The largest absolute Gasteiger partial charge is 0.472 e. The maximum atomic E-state index is 13.0. The summed E-state index contributed by atoms with van der Waals surface area (Å²) in [7, 11) is -9.82. The van der Waals surface area contributed by atoms with Gasteiger partial charge < -0.3 is 34.2 Å². The molecule has 16 nitrogen and oxygen atoms in total. The molecule has 0 aromatic carbocycles. The van der Waals surface area contributed by atoms with E-state index < -0.39 is 91.5 Å².